The molecule has 0 unspecified atom stereocenters. The van der Waals surface area contributed by atoms with Crippen LogP contribution in [0.3, 0.4) is 0 Å². The summed E-state index contributed by atoms with van der Waals surface area (Å²) in [4.78, 5) is 42.9. The summed E-state index contributed by atoms with van der Waals surface area (Å²) in [7, 11) is 0. The van der Waals surface area contributed by atoms with Crippen LogP contribution in [0.25, 0.3) is 5.65 Å². The number of nitrogens with one attached hydrogen (secondary N) is 1. The quantitative estimate of drug-likeness (QED) is 0.662. The number of anilines is 1. The van der Waals surface area contributed by atoms with Crippen molar-refractivity contribution in [2.75, 3.05) is 31.1 Å². The lowest BCUT2D eigenvalue weighted by Gasteiger charge is -2.27. The van der Waals surface area contributed by atoms with Gasteiger partial charge in [0.2, 0.25) is 5.95 Å². The second-order valence-corrected chi connectivity index (χ2v) is 9.40. The molecule has 166 valence electrons. The summed E-state index contributed by atoms with van der Waals surface area (Å²) in [5, 5.41) is 4.39. The molecule has 2 fully saturated rings. The van der Waals surface area contributed by atoms with Crippen molar-refractivity contribution in [2.24, 2.45) is 5.92 Å². The van der Waals surface area contributed by atoms with Gasteiger partial charge in [0, 0.05) is 49.0 Å². The van der Waals surface area contributed by atoms with E-state index in [0.717, 1.165) is 61.4 Å². The van der Waals surface area contributed by atoms with Crippen molar-refractivity contribution < 1.29 is 4.79 Å². The number of carbonyl (C=O) groups excluding carboxylic acids is 1. The fraction of sp³-hybridized carbons (Fsp3) is 0.522. The van der Waals surface area contributed by atoms with Crippen molar-refractivity contribution in [3.05, 3.63) is 50.8 Å². The minimum Gasteiger partial charge on any atom is -0.342 e. The molecule has 6 rings (SSSR count). The SMILES string of the molecule is Cc1cc(C)n2ncc(C(=O)N3C[C@H]4CCc5c(nc(N6CCCC6)[nH]c5=O)[C@H]4C3)c2n1. The predicted octanol–water partition coefficient (Wildman–Crippen LogP) is 1.83. The van der Waals surface area contributed by atoms with Gasteiger partial charge in [-0.2, -0.15) is 5.10 Å². The van der Waals surface area contributed by atoms with Gasteiger partial charge < -0.3 is 9.80 Å². The summed E-state index contributed by atoms with van der Waals surface area (Å²) in [5.74, 6) is 1.07. The molecule has 2 aliphatic heterocycles. The summed E-state index contributed by atoms with van der Waals surface area (Å²) >= 11 is 0. The molecular weight excluding hydrogens is 406 g/mol. The first-order valence-electron chi connectivity index (χ1n) is 11.5. The molecule has 3 aromatic rings. The fourth-order valence-electron chi connectivity index (χ4n) is 5.69. The number of H-pyrrole nitrogens is 1. The van der Waals surface area contributed by atoms with Gasteiger partial charge in [0.25, 0.3) is 11.5 Å². The van der Waals surface area contributed by atoms with E-state index < -0.39 is 0 Å². The zero-order valence-corrected chi connectivity index (χ0v) is 18.5. The summed E-state index contributed by atoms with van der Waals surface area (Å²) in [6.07, 6.45) is 5.50. The highest BCUT2D eigenvalue weighted by molar-refractivity contribution is 6.00. The van der Waals surface area contributed by atoms with E-state index in [-0.39, 0.29) is 17.4 Å². The summed E-state index contributed by atoms with van der Waals surface area (Å²) in [6.45, 7) is 7.01. The number of nitrogens with zero attached hydrogens (tertiary/aromatic N) is 6. The molecule has 0 spiro atoms. The van der Waals surface area contributed by atoms with E-state index in [4.69, 9.17) is 4.98 Å². The zero-order chi connectivity index (χ0) is 22.0. The molecule has 0 radical (unpaired) electrons. The van der Waals surface area contributed by atoms with E-state index >= 15 is 0 Å². The minimum atomic E-state index is -0.0435. The van der Waals surface area contributed by atoms with Crippen molar-refractivity contribution in [2.45, 2.75) is 45.4 Å². The molecule has 0 bridgehead atoms. The molecule has 1 aliphatic carbocycles. The van der Waals surface area contributed by atoms with Crippen LogP contribution >= 0.6 is 0 Å². The number of rotatable bonds is 2. The van der Waals surface area contributed by atoms with Crippen LogP contribution in [-0.4, -0.2) is 61.6 Å². The normalized spacial score (nSPS) is 22.4. The Hall–Kier alpha value is -3.23. The van der Waals surface area contributed by atoms with E-state index in [2.05, 4.69) is 20.0 Å². The third-order valence-electron chi connectivity index (χ3n) is 7.29. The first kappa shape index (κ1) is 19.5. The monoisotopic (exact) mass is 433 g/mol. The van der Waals surface area contributed by atoms with Gasteiger partial charge in [-0.15, -0.1) is 0 Å². The van der Waals surface area contributed by atoms with Crippen LogP contribution < -0.4 is 10.5 Å². The van der Waals surface area contributed by atoms with Gasteiger partial charge in [0.15, 0.2) is 5.65 Å². The largest absolute Gasteiger partial charge is 0.342 e. The molecule has 2 atom stereocenters. The number of hydrogen-bond acceptors (Lipinski definition) is 6. The van der Waals surface area contributed by atoms with Crippen LogP contribution in [0.5, 0.6) is 0 Å². The van der Waals surface area contributed by atoms with Gasteiger partial charge in [-0.05, 0) is 51.5 Å². The van der Waals surface area contributed by atoms with Gasteiger partial charge in [0.05, 0.1) is 11.9 Å². The molecule has 32 heavy (non-hydrogen) atoms. The Kier molecular flexibility index (Phi) is 4.34. The molecule has 0 aromatic carbocycles. The van der Waals surface area contributed by atoms with Gasteiger partial charge in [-0.25, -0.2) is 14.5 Å². The Morgan fingerprint density at radius 3 is 2.78 bits per heavy atom. The van der Waals surface area contributed by atoms with E-state index in [1.807, 2.05) is 24.8 Å². The molecule has 3 aliphatic rings. The van der Waals surface area contributed by atoms with Crippen LogP contribution in [0.15, 0.2) is 17.1 Å². The van der Waals surface area contributed by atoms with Crippen LogP contribution in [0.4, 0.5) is 5.95 Å². The lowest BCUT2D eigenvalue weighted by atomic mass is 9.80. The van der Waals surface area contributed by atoms with Crippen molar-refractivity contribution in [3.63, 3.8) is 0 Å². The van der Waals surface area contributed by atoms with E-state index in [1.165, 1.54) is 0 Å². The van der Waals surface area contributed by atoms with Crippen molar-refractivity contribution in [1.82, 2.24) is 29.5 Å². The first-order valence-corrected chi connectivity index (χ1v) is 11.5. The lowest BCUT2D eigenvalue weighted by Crippen LogP contribution is -2.31. The molecule has 1 amide bonds. The number of fused-ring (bicyclic) bond motifs is 4. The second-order valence-electron chi connectivity index (χ2n) is 9.40. The van der Waals surface area contributed by atoms with Crippen LogP contribution in [0, 0.1) is 19.8 Å². The average Bonchev–Trinajstić information content (AvgIpc) is 3.52. The van der Waals surface area contributed by atoms with Crippen LogP contribution in [0.1, 0.15) is 58.2 Å². The highest BCUT2D eigenvalue weighted by atomic mass is 16.2. The van der Waals surface area contributed by atoms with Crippen molar-refractivity contribution in [3.8, 4) is 0 Å². The third kappa shape index (κ3) is 2.94. The second kappa shape index (κ2) is 7.15. The first-order chi connectivity index (χ1) is 15.5. The molecule has 1 N–H and O–H groups in total. The van der Waals surface area contributed by atoms with E-state index in [0.29, 0.717) is 36.2 Å². The Morgan fingerprint density at radius 1 is 1.16 bits per heavy atom. The number of carbonyl (C=O) groups is 1. The summed E-state index contributed by atoms with van der Waals surface area (Å²) in [6, 6.07) is 1.96. The molecular formula is C23H27N7O2. The maximum Gasteiger partial charge on any atom is 0.259 e. The molecule has 5 heterocycles. The standard InChI is InChI=1S/C23H27N7O2/c1-13-9-14(2)30-20(25-13)17(10-24-30)22(32)29-11-15-5-6-16-19(18(15)12-29)26-23(27-21(16)31)28-7-3-4-8-28/h9-10,15,18H,3-8,11-12H2,1-2H3,(H,26,27,31)/t15-,18+/m1/s1. The van der Waals surface area contributed by atoms with Crippen molar-refractivity contribution >= 4 is 17.5 Å². The zero-order valence-electron chi connectivity index (χ0n) is 18.5. The Balaban J connectivity index is 1.33. The fourth-order valence-corrected chi connectivity index (χ4v) is 5.69. The Labute approximate surface area is 185 Å². The van der Waals surface area contributed by atoms with Gasteiger partial charge >= 0.3 is 0 Å². The highest BCUT2D eigenvalue weighted by Crippen LogP contribution is 2.40. The smallest absolute Gasteiger partial charge is 0.259 e. The minimum absolute atomic E-state index is 0.0158. The average molecular weight is 434 g/mol. The maximum atomic E-state index is 13.5. The van der Waals surface area contributed by atoms with Crippen LogP contribution in [0.2, 0.25) is 0 Å². The number of likely N-dealkylation sites (tertiary alicyclic amines) is 1. The molecule has 2 saturated heterocycles. The maximum absolute atomic E-state index is 13.5. The number of aryl methyl sites for hydroxylation is 2. The van der Waals surface area contributed by atoms with Gasteiger partial charge in [-0.1, -0.05) is 0 Å². The molecule has 9 heteroatoms. The van der Waals surface area contributed by atoms with Gasteiger partial charge in [-0.3, -0.25) is 14.6 Å². The number of hydrogen-bond donors (Lipinski definition) is 1. The molecule has 0 saturated carbocycles. The molecule has 9 nitrogen and oxygen atoms in total. The lowest BCUT2D eigenvalue weighted by molar-refractivity contribution is 0.0787. The summed E-state index contributed by atoms with van der Waals surface area (Å²) < 4.78 is 1.72. The van der Waals surface area contributed by atoms with E-state index in [9.17, 15) is 9.59 Å². The Morgan fingerprint density at radius 2 is 1.97 bits per heavy atom. The third-order valence-corrected chi connectivity index (χ3v) is 7.29. The predicted molar refractivity (Wildman–Crippen MR) is 119 cm³/mol. The number of aromatic nitrogens is 5. The van der Waals surface area contributed by atoms with E-state index in [1.54, 1.807) is 10.7 Å². The summed E-state index contributed by atoms with van der Waals surface area (Å²) in [5.41, 5.74) is 4.64. The Bertz CT molecular complexity index is 1290. The topological polar surface area (TPSA) is 99.5 Å². The van der Waals surface area contributed by atoms with Crippen molar-refractivity contribution in [1.29, 1.82) is 0 Å². The highest BCUT2D eigenvalue weighted by Gasteiger charge is 2.42. The van der Waals surface area contributed by atoms with Gasteiger partial charge in [0.1, 0.15) is 5.56 Å². The number of amides is 1. The van der Waals surface area contributed by atoms with Crippen LogP contribution in [-0.2, 0) is 6.42 Å². The number of aromatic amines is 1. The molecule has 3 aromatic heterocycles.